The van der Waals surface area contributed by atoms with Gasteiger partial charge in [0.1, 0.15) is 0 Å². The molecule has 0 bridgehead atoms. The number of hydrogen-bond donors (Lipinski definition) is 1. The van der Waals surface area contributed by atoms with Crippen LogP contribution in [0.25, 0.3) is 11.3 Å². The minimum absolute atomic E-state index is 0.441. The van der Waals surface area contributed by atoms with Crippen LogP contribution in [0.3, 0.4) is 0 Å². The van der Waals surface area contributed by atoms with Crippen LogP contribution in [-0.2, 0) is 0 Å². The van der Waals surface area contributed by atoms with Crippen molar-refractivity contribution in [2.24, 2.45) is 0 Å². The van der Waals surface area contributed by atoms with Crippen molar-refractivity contribution in [3.8, 4) is 11.3 Å². The molecule has 1 saturated heterocycles. The molecule has 2 aromatic rings. The van der Waals surface area contributed by atoms with Crippen molar-refractivity contribution < 1.29 is 0 Å². The summed E-state index contributed by atoms with van der Waals surface area (Å²) >= 11 is 6.07. The van der Waals surface area contributed by atoms with E-state index in [-0.39, 0.29) is 0 Å². The highest BCUT2D eigenvalue weighted by Crippen LogP contribution is 2.30. The highest BCUT2D eigenvalue weighted by Gasteiger charge is 2.20. The Balaban J connectivity index is 2.01. The lowest BCUT2D eigenvalue weighted by Crippen LogP contribution is -2.29. The van der Waals surface area contributed by atoms with E-state index in [1.54, 1.807) is 12.4 Å². The van der Waals surface area contributed by atoms with Crippen LogP contribution in [-0.4, -0.2) is 23.1 Å². The Hall–Kier alpha value is -1.45. The molecule has 19 heavy (non-hydrogen) atoms. The van der Waals surface area contributed by atoms with Crippen molar-refractivity contribution >= 4 is 11.6 Å². The number of rotatable bonds is 2. The van der Waals surface area contributed by atoms with Gasteiger partial charge in [0.2, 0.25) is 0 Å². The molecule has 1 aliphatic rings. The summed E-state index contributed by atoms with van der Waals surface area (Å²) in [5.74, 6) is 0.441. The van der Waals surface area contributed by atoms with E-state index in [1.165, 1.54) is 12.8 Å². The largest absolute Gasteiger partial charge is 0.316 e. The number of nitrogens with one attached hydrogen (secondary N) is 1. The van der Waals surface area contributed by atoms with Gasteiger partial charge in [0.15, 0.2) is 0 Å². The van der Waals surface area contributed by atoms with Crippen LogP contribution < -0.4 is 5.32 Å². The Morgan fingerprint density at radius 2 is 2.11 bits per heavy atom. The number of halogens is 1. The molecule has 3 rings (SSSR count). The highest BCUT2D eigenvalue weighted by atomic mass is 35.5. The predicted molar refractivity (Wildman–Crippen MR) is 77.3 cm³/mol. The molecule has 1 aromatic carbocycles. The van der Waals surface area contributed by atoms with Gasteiger partial charge in [0.25, 0.3) is 0 Å². The van der Waals surface area contributed by atoms with Gasteiger partial charge < -0.3 is 5.32 Å². The van der Waals surface area contributed by atoms with E-state index >= 15 is 0 Å². The molecule has 1 aromatic heterocycles. The standard InChI is InChI=1S/C15H16ClN3/c16-13-5-1-3-11(9-13)14-15(19-8-7-18-14)12-4-2-6-17-10-12/h1,3,5,7-9,12,17H,2,4,6,10H2. The van der Waals surface area contributed by atoms with E-state index in [4.69, 9.17) is 11.6 Å². The number of nitrogens with zero attached hydrogens (tertiary/aromatic N) is 2. The van der Waals surface area contributed by atoms with Gasteiger partial charge in [0, 0.05) is 35.4 Å². The van der Waals surface area contributed by atoms with Gasteiger partial charge >= 0.3 is 0 Å². The summed E-state index contributed by atoms with van der Waals surface area (Å²) in [5, 5.41) is 4.16. The third-order valence-corrected chi connectivity index (χ3v) is 3.74. The summed E-state index contributed by atoms with van der Waals surface area (Å²) in [4.78, 5) is 9.08. The quantitative estimate of drug-likeness (QED) is 0.913. The van der Waals surface area contributed by atoms with Gasteiger partial charge in [-0.25, -0.2) is 0 Å². The van der Waals surface area contributed by atoms with Gasteiger partial charge in [-0.05, 0) is 31.5 Å². The van der Waals surface area contributed by atoms with Gasteiger partial charge in [-0.3, -0.25) is 9.97 Å². The minimum Gasteiger partial charge on any atom is -0.316 e. The van der Waals surface area contributed by atoms with E-state index in [1.807, 2.05) is 24.3 Å². The van der Waals surface area contributed by atoms with Gasteiger partial charge in [-0.1, -0.05) is 23.7 Å². The Morgan fingerprint density at radius 1 is 1.21 bits per heavy atom. The Labute approximate surface area is 118 Å². The minimum atomic E-state index is 0.441. The number of aromatic nitrogens is 2. The molecule has 1 aliphatic heterocycles. The SMILES string of the molecule is Clc1cccc(-c2nccnc2C2CCCNC2)c1. The average Bonchev–Trinajstić information content (AvgIpc) is 2.48. The first-order chi connectivity index (χ1) is 9.34. The summed E-state index contributed by atoms with van der Waals surface area (Å²) in [6, 6.07) is 7.82. The monoisotopic (exact) mass is 273 g/mol. The molecule has 1 unspecified atom stereocenters. The molecule has 3 nitrogen and oxygen atoms in total. The fourth-order valence-electron chi connectivity index (χ4n) is 2.59. The first-order valence-electron chi connectivity index (χ1n) is 6.62. The summed E-state index contributed by atoms with van der Waals surface area (Å²) in [5.41, 5.74) is 3.08. The summed E-state index contributed by atoms with van der Waals surface area (Å²) in [7, 11) is 0. The summed E-state index contributed by atoms with van der Waals surface area (Å²) in [6.45, 7) is 2.08. The second kappa shape index (κ2) is 5.68. The van der Waals surface area contributed by atoms with E-state index in [0.29, 0.717) is 5.92 Å². The fraction of sp³-hybridized carbons (Fsp3) is 0.333. The zero-order valence-corrected chi connectivity index (χ0v) is 11.4. The van der Waals surface area contributed by atoms with Crippen molar-refractivity contribution in [1.29, 1.82) is 0 Å². The molecule has 2 heterocycles. The van der Waals surface area contributed by atoms with Crippen molar-refractivity contribution in [2.45, 2.75) is 18.8 Å². The molecular formula is C15H16ClN3. The van der Waals surface area contributed by atoms with Crippen LogP contribution in [0.15, 0.2) is 36.7 Å². The molecule has 0 aliphatic carbocycles. The lowest BCUT2D eigenvalue weighted by molar-refractivity contribution is 0.454. The number of hydrogen-bond acceptors (Lipinski definition) is 3. The van der Waals surface area contributed by atoms with Gasteiger partial charge in [-0.2, -0.15) is 0 Å². The van der Waals surface area contributed by atoms with E-state index in [9.17, 15) is 0 Å². The van der Waals surface area contributed by atoms with Crippen molar-refractivity contribution in [3.63, 3.8) is 0 Å². The van der Waals surface area contributed by atoms with Crippen LogP contribution in [0.1, 0.15) is 24.5 Å². The summed E-state index contributed by atoms with van der Waals surface area (Å²) < 4.78 is 0. The lowest BCUT2D eigenvalue weighted by atomic mass is 9.92. The first kappa shape index (κ1) is 12.6. The van der Waals surface area contributed by atoms with Gasteiger partial charge in [0.05, 0.1) is 11.4 Å². The molecular weight excluding hydrogens is 258 g/mol. The van der Waals surface area contributed by atoms with Crippen LogP contribution in [0, 0.1) is 0 Å². The maximum absolute atomic E-state index is 6.07. The second-order valence-electron chi connectivity index (χ2n) is 4.84. The van der Waals surface area contributed by atoms with Crippen LogP contribution in [0.4, 0.5) is 0 Å². The van der Waals surface area contributed by atoms with E-state index in [0.717, 1.165) is 35.1 Å². The highest BCUT2D eigenvalue weighted by molar-refractivity contribution is 6.30. The maximum Gasteiger partial charge on any atom is 0.0921 e. The molecule has 98 valence electrons. The molecule has 0 radical (unpaired) electrons. The van der Waals surface area contributed by atoms with E-state index < -0.39 is 0 Å². The molecule has 1 atom stereocenters. The molecule has 1 fully saturated rings. The molecule has 4 heteroatoms. The number of benzene rings is 1. The Bertz CT molecular complexity index is 565. The van der Waals surface area contributed by atoms with Crippen molar-refractivity contribution in [2.75, 3.05) is 13.1 Å². The van der Waals surface area contributed by atoms with Gasteiger partial charge in [-0.15, -0.1) is 0 Å². The molecule has 0 amide bonds. The lowest BCUT2D eigenvalue weighted by Gasteiger charge is -2.23. The third kappa shape index (κ3) is 2.77. The Morgan fingerprint density at radius 3 is 2.89 bits per heavy atom. The van der Waals surface area contributed by atoms with Crippen LogP contribution in [0.5, 0.6) is 0 Å². The molecule has 0 saturated carbocycles. The zero-order chi connectivity index (χ0) is 13.1. The van der Waals surface area contributed by atoms with Crippen molar-refractivity contribution in [1.82, 2.24) is 15.3 Å². The normalized spacial score (nSPS) is 19.3. The Kier molecular flexibility index (Phi) is 3.76. The number of piperidine rings is 1. The topological polar surface area (TPSA) is 37.8 Å². The van der Waals surface area contributed by atoms with E-state index in [2.05, 4.69) is 15.3 Å². The van der Waals surface area contributed by atoms with Crippen molar-refractivity contribution in [3.05, 3.63) is 47.4 Å². The van der Waals surface area contributed by atoms with Crippen LogP contribution >= 0.6 is 11.6 Å². The predicted octanol–water partition coefficient (Wildman–Crippen LogP) is 3.26. The molecule has 0 spiro atoms. The first-order valence-corrected chi connectivity index (χ1v) is 7.00. The second-order valence-corrected chi connectivity index (χ2v) is 5.28. The summed E-state index contributed by atoms with van der Waals surface area (Å²) in [6.07, 6.45) is 5.88. The smallest absolute Gasteiger partial charge is 0.0921 e. The third-order valence-electron chi connectivity index (χ3n) is 3.51. The molecule has 1 N–H and O–H groups in total. The van der Waals surface area contributed by atoms with Crippen LogP contribution in [0.2, 0.25) is 5.02 Å². The zero-order valence-electron chi connectivity index (χ0n) is 10.6. The average molecular weight is 274 g/mol. The maximum atomic E-state index is 6.07. The fourth-order valence-corrected chi connectivity index (χ4v) is 2.78.